The summed E-state index contributed by atoms with van der Waals surface area (Å²) in [5.41, 5.74) is 9.45. The summed E-state index contributed by atoms with van der Waals surface area (Å²) in [6.07, 6.45) is 6.80. The molecule has 0 spiro atoms. The number of aromatic nitrogens is 7. The van der Waals surface area contributed by atoms with Gasteiger partial charge in [-0.15, -0.1) is 0 Å². The van der Waals surface area contributed by atoms with Crippen LogP contribution < -0.4 is 15.8 Å². The van der Waals surface area contributed by atoms with E-state index in [1.165, 1.54) is 42.9 Å². The lowest BCUT2D eigenvalue weighted by Gasteiger charge is -2.20. The Labute approximate surface area is 251 Å². The lowest BCUT2D eigenvalue weighted by atomic mass is 10.1. The molecule has 0 saturated heterocycles. The molecule has 5 aromatic rings. The second-order valence-electron chi connectivity index (χ2n) is 10.8. The van der Waals surface area contributed by atoms with Crippen LogP contribution >= 0.6 is 0 Å². The molecule has 2 aromatic carbocycles. The molecule has 0 bridgehead atoms. The molecule has 3 N–H and O–H groups in total. The van der Waals surface area contributed by atoms with E-state index >= 15 is 0 Å². The third-order valence-corrected chi connectivity index (χ3v) is 7.94. The molecule has 44 heavy (non-hydrogen) atoms. The Kier molecular flexibility index (Phi) is 7.87. The van der Waals surface area contributed by atoms with Crippen molar-refractivity contribution in [2.75, 3.05) is 26.4 Å². The Morgan fingerprint density at radius 3 is 2.70 bits per heavy atom. The number of amides is 2. The van der Waals surface area contributed by atoms with Crippen molar-refractivity contribution < 1.29 is 18.7 Å². The highest BCUT2D eigenvalue weighted by molar-refractivity contribution is 5.98. The maximum atomic E-state index is 13.7. The first kappa shape index (κ1) is 28.7. The van der Waals surface area contributed by atoms with Gasteiger partial charge >= 0.3 is 6.03 Å². The summed E-state index contributed by atoms with van der Waals surface area (Å²) in [5.74, 6) is -0.0502. The number of nitrogens with one attached hydrogen (secondary N) is 1. The quantitative estimate of drug-likeness (QED) is 0.272. The number of nitrogens with two attached hydrogens (primary N) is 1. The Morgan fingerprint density at radius 1 is 1.14 bits per heavy atom. The van der Waals surface area contributed by atoms with E-state index in [1.807, 2.05) is 28.9 Å². The standard InChI is InChI=1S/C30H31FN10O3/c1-39(30(43)40-17-33-15-37-40)14-19-5-9-22(11-19)41-28-25(27(32)35-16-36-28)26(38-41)20-6-3-18(4-7-20)13-34-29(42)23-12-21(31)8-10-24(23)44-2/h3-4,6-8,10,12,15-17,19,22H,5,9,11,13-14H2,1-2H3,(H,34,42)(H2,32,35,36). The molecule has 0 aliphatic heterocycles. The highest BCUT2D eigenvalue weighted by Gasteiger charge is 2.31. The average molecular weight is 599 g/mol. The maximum absolute atomic E-state index is 13.7. The van der Waals surface area contributed by atoms with Gasteiger partial charge in [-0.05, 0) is 48.9 Å². The Balaban J connectivity index is 1.17. The van der Waals surface area contributed by atoms with Crippen molar-refractivity contribution in [2.45, 2.75) is 31.8 Å². The number of benzene rings is 2. The number of nitrogen functional groups attached to an aromatic ring is 1. The average Bonchev–Trinajstić information content (AvgIpc) is 3.81. The van der Waals surface area contributed by atoms with Crippen molar-refractivity contribution in [3.05, 3.63) is 78.4 Å². The lowest BCUT2D eigenvalue weighted by molar-refractivity contribution is 0.0947. The van der Waals surface area contributed by atoms with Crippen molar-refractivity contribution in [1.29, 1.82) is 0 Å². The monoisotopic (exact) mass is 598 g/mol. The smallest absolute Gasteiger partial charge is 0.345 e. The van der Waals surface area contributed by atoms with Gasteiger partial charge in [-0.1, -0.05) is 24.3 Å². The minimum absolute atomic E-state index is 0.0784. The van der Waals surface area contributed by atoms with Gasteiger partial charge in [-0.25, -0.2) is 28.8 Å². The van der Waals surface area contributed by atoms with Crippen molar-refractivity contribution >= 4 is 28.8 Å². The zero-order valence-corrected chi connectivity index (χ0v) is 24.2. The normalized spacial score (nSPS) is 16.2. The molecule has 13 nitrogen and oxygen atoms in total. The van der Waals surface area contributed by atoms with E-state index in [9.17, 15) is 14.0 Å². The zero-order chi connectivity index (χ0) is 30.8. The van der Waals surface area contributed by atoms with Crippen LogP contribution in [0.15, 0.2) is 61.4 Å². The van der Waals surface area contributed by atoms with Gasteiger partial charge in [0.15, 0.2) is 5.65 Å². The van der Waals surface area contributed by atoms with Crippen molar-refractivity contribution in [3.8, 4) is 17.0 Å². The van der Waals surface area contributed by atoms with Crippen molar-refractivity contribution in [3.63, 3.8) is 0 Å². The summed E-state index contributed by atoms with van der Waals surface area (Å²) in [4.78, 5) is 39.6. The summed E-state index contributed by atoms with van der Waals surface area (Å²) >= 11 is 0. The Hall–Kier alpha value is -5.40. The second kappa shape index (κ2) is 12.1. The van der Waals surface area contributed by atoms with Crippen LogP contribution in [-0.4, -0.2) is 72.1 Å². The number of nitrogens with zero attached hydrogens (tertiary/aromatic N) is 8. The van der Waals surface area contributed by atoms with E-state index in [0.717, 1.165) is 36.5 Å². The zero-order valence-electron chi connectivity index (χ0n) is 24.2. The first-order valence-corrected chi connectivity index (χ1v) is 14.1. The predicted octanol–water partition coefficient (Wildman–Crippen LogP) is 3.69. The number of methoxy groups -OCH3 is 1. The Morgan fingerprint density at radius 2 is 1.95 bits per heavy atom. The molecule has 2 amide bonds. The van der Waals surface area contributed by atoms with Crippen LogP contribution in [0.1, 0.15) is 41.2 Å². The predicted molar refractivity (Wildman–Crippen MR) is 159 cm³/mol. The minimum atomic E-state index is -0.520. The third-order valence-electron chi connectivity index (χ3n) is 7.94. The molecule has 6 rings (SSSR count). The number of fused-ring (bicyclic) bond motifs is 1. The molecular formula is C30H31FN10O3. The van der Waals surface area contributed by atoms with Gasteiger partial charge in [-0.2, -0.15) is 14.9 Å². The number of rotatable bonds is 8. The van der Waals surface area contributed by atoms with Crippen LogP contribution in [0.3, 0.4) is 0 Å². The summed E-state index contributed by atoms with van der Waals surface area (Å²) < 4.78 is 22.1. The molecule has 14 heteroatoms. The lowest BCUT2D eigenvalue weighted by Crippen LogP contribution is -2.35. The molecule has 2 unspecified atom stereocenters. The fourth-order valence-electron chi connectivity index (χ4n) is 5.75. The summed E-state index contributed by atoms with van der Waals surface area (Å²) in [5, 5.41) is 12.4. The molecule has 3 aromatic heterocycles. The van der Waals surface area contributed by atoms with Gasteiger partial charge in [0.2, 0.25) is 0 Å². The fourth-order valence-corrected chi connectivity index (χ4v) is 5.75. The van der Waals surface area contributed by atoms with Crippen LogP contribution in [0, 0.1) is 11.7 Å². The molecule has 1 aliphatic rings. The van der Waals surface area contributed by atoms with Crippen molar-refractivity contribution in [1.82, 2.24) is 44.7 Å². The first-order valence-electron chi connectivity index (χ1n) is 14.1. The summed E-state index contributed by atoms with van der Waals surface area (Å²) in [6.45, 7) is 0.818. The topological polar surface area (TPSA) is 159 Å². The van der Waals surface area contributed by atoms with Gasteiger partial charge in [-0.3, -0.25) is 4.79 Å². The molecule has 1 fully saturated rings. The van der Waals surface area contributed by atoms with E-state index < -0.39 is 11.7 Å². The molecule has 226 valence electrons. The van der Waals surface area contributed by atoms with E-state index in [0.29, 0.717) is 34.8 Å². The van der Waals surface area contributed by atoms with Gasteiger partial charge in [0.1, 0.15) is 42.1 Å². The van der Waals surface area contributed by atoms with Crippen molar-refractivity contribution in [2.24, 2.45) is 5.92 Å². The number of ether oxygens (including phenoxy) is 1. The molecule has 0 radical (unpaired) electrons. The van der Waals surface area contributed by atoms with Crippen LogP contribution in [0.25, 0.3) is 22.3 Å². The minimum Gasteiger partial charge on any atom is -0.496 e. The van der Waals surface area contributed by atoms with Crippen LogP contribution in [-0.2, 0) is 6.54 Å². The van der Waals surface area contributed by atoms with E-state index in [4.69, 9.17) is 15.6 Å². The second-order valence-corrected chi connectivity index (χ2v) is 10.8. The van der Waals surface area contributed by atoms with Crippen LogP contribution in [0.2, 0.25) is 0 Å². The number of anilines is 1. The van der Waals surface area contributed by atoms with E-state index in [2.05, 4.69) is 25.4 Å². The Bertz CT molecular complexity index is 1810. The van der Waals surface area contributed by atoms with Crippen LogP contribution in [0.5, 0.6) is 5.75 Å². The summed E-state index contributed by atoms with van der Waals surface area (Å²) in [7, 11) is 3.19. The van der Waals surface area contributed by atoms with Gasteiger partial charge in [0.25, 0.3) is 5.91 Å². The molecular weight excluding hydrogens is 567 g/mol. The number of hydrogen-bond donors (Lipinski definition) is 2. The van der Waals surface area contributed by atoms with Crippen LogP contribution in [0.4, 0.5) is 15.0 Å². The summed E-state index contributed by atoms with van der Waals surface area (Å²) in [6, 6.07) is 11.2. The van der Waals surface area contributed by atoms with Gasteiger partial charge < -0.3 is 20.7 Å². The highest BCUT2D eigenvalue weighted by atomic mass is 19.1. The number of carbonyl (C=O) groups is 2. The number of hydrogen-bond acceptors (Lipinski definition) is 9. The molecule has 1 aliphatic carbocycles. The third kappa shape index (κ3) is 5.65. The largest absolute Gasteiger partial charge is 0.496 e. The number of halogens is 1. The molecule has 2 atom stereocenters. The van der Waals surface area contributed by atoms with Gasteiger partial charge in [0.05, 0.1) is 24.1 Å². The highest BCUT2D eigenvalue weighted by Crippen LogP contribution is 2.39. The maximum Gasteiger partial charge on any atom is 0.345 e. The molecule has 1 saturated carbocycles. The fraction of sp³-hybridized carbons (Fsp3) is 0.300. The molecule has 3 heterocycles. The van der Waals surface area contributed by atoms with E-state index in [-0.39, 0.29) is 30.1 Å². The van der Waals surface area contributed by atoms with Gasteiger partial charge in [0, 0.05) is 25.7 Å². The SMILES string of the molecule is COc1ccc(F)cc1C(=O)NCc1ccc(-c2nn(C3CCC(CN(C)C(=O)n4cncn4)C3)c3ncnc(N)c23)cc1. The number of carbonyl (C=O) groups excluding carboxylic acids is 2. The van der Waals surface area contributed by atoms with E-state index in [1.54, 1.807) is 11.9 Å². The first-order chi connectivity index (χ1) is 21.3.